The molecule has 281 valence electrons. The van der Waals surface area contributed by atoms with E-state index in [1.54, 1.807) is 24.3 Å². The number of halogens is 7. The van der Waals surface area contributed by atoms with Crippen molar-refractivity contribution >= 4 is 50.5 Å². The summed E-state index contributed by atoms with van der Waals surface area (Å²) in [6.45, 7) is 0. The SMILES string of the molecule is O=C(c1c(O)c2ccc3ccccc3c2n(-c2ccccc2)c1=O)C(F)(F)C(F)(F)C(F)(F)F.O=P(c1ccccc1)(c1ccccc1)c1ccccc1.[Eu]. The number of fused-ring (bicyclic) bond motifs is 3. The molecule has 1 radical (unpaired) electrons. The van der Waals surface area contributed by atoms with Crippen LogP contribution in [0.4, 0.5) is 30.7 Å². The van der Waals surface area contributed by atoms with Crippen LogP contribution in [0, 0.1) is 49.4 Å². The Morgan fingerprint density at radius 2 is 0.982 bits per heavy atom. The molecule has 5 nitrogen and oxygen atoms in total. The number of alkyl halides is 7. The second-order valence-electron chi connectivity index (χ2n) is 12.0. The van der Waals surface area contributed by atoms with Gasteiger partial charge in [0.25, 0.3) is 5.56 Å². The maximum Gasteiger partial charge on any atom is 0.460 e. The van der Waals surface area contributed by atoms with Crippen molar-refractivity contribution in [2.24, 2.45) is 0 Å². The second kappa shape index (κ2) is 16.4. The van der Waals surface area contributed by atoms with Crippen molar-refractivity contribution in [3.8, 4) is 11.4 Å². The molecule has 0 atom stereocenters. The summed E-state index contributed by atoms with van der Waals surface area (Å²) in [5, 5.41) is 13.7. The van der Waals surface area contributed by atoms with E-state index in [-0.39, 0.29) is 66.0 Å². The van der Waals surface area contributed by atoms with E-state index in [2.05, 4.69) is 0 Å². The minimum absolute atomic E-state index is 0. The van der Waals surface area contributed by atoms with Gasteiger partial charge in [-0.2, -0.15) is 30.7 Å². The maximum absolute atomic E-state index is 14.2. The Labute approximate surface area is 350 Å². The fourth-order valence-corrected chi connectivity index (χ4v) is 8.67. The first-order valence-electron chi connectivity index (χ1n) is 16.1. The third-order valence-corrected chi connectivity index (χ3v) is 11.7. The van der Waals surface area contributed by atoms with Crippen LogP contribution < -0.4 is 21.5 Å². The van der Waals surface area contributed by atoms with E-state index < -0.39 is 47.8 Å². The molecule has 0 aliphatic rings. The summed E-state index contributed by atoms with van der Waals surface area (Å²) < 4.78 is 108. The number of benzene rings is 6. The van der Waals surface area contributed by atoms with Crippen LogP contribution in [-0.2, 0) is 4.57 Å². The first-order valence-corrected chi connectivity index (χ1v) is 17.8. The van der Waals surface area contributed by atoms with Gasteiger partial charge in [0, 0.05) is 81.8 Å². The van der Waals surface area contributed by atoms with Crippen molar-refractivity contribution in [1.82, 2.24) is 4.57 Å². The molecule has 0 spiro atoms. The number of rotatable bonds is 7. The minimum Gasteiger partial charge on any atom is -0.506 e. The van der Waals surface area contributed by atoms with Crippen molar-refractivity contribution in [3.63, 3.8) is 0 Å². The maximum atomic E-state index is 14.2. The molecule has 0 aliphatic carbocycles. The Morgan fingerprint density at radius 3 is 1.44 bits per heavy atom. The van der Waals surface area contributed by atoms with Crippen molar-refractivity contribution in [2.45, 2.75) is 18.0 Å². The summed E-state index contributed by atoms with van der Waals surface area (Å²) in [5.74, 6) is -17.8. The second-order valence-corrected chi connectivity index (χ2v) is 14.7. The van der Waals surface area contributed by atoms with Crippen LogP contribution in [0.5, 0.6) is 5.75 Å². The standard InChI is InChI=1S/C23H12F7NO3.C18H15OP.Eu/c24-21(25,22(26,27)23(28,29)30)19(33)16-18(32)15-11-10-12-6-4-5-9-14(12)17(15)31(20(16)34)13-7-2-1-3-8-13;19-20(16-10-4-1-5-11-16,17-12-6-2-7-13-17)18-14-8-3-9-15-18;/h1-11,32H;1-15H;. The molecule has 0 fully saturated rings. The molecule has 0 saturated carbocycles. The van der Waals surface area contributed by atoms with Crippen LogP contribution in [0.1, 0.15) is 10.4 Å². The van der Waals surface area contributed by atoms with E-state index in [0.29, 0.717) is 15.3 Å². The summed E-state index contributed by atoms with van der Waals surface area (Å²) >= 11 is 0. The van der Waals surface area contributed by atoms with Gasteiger partial charge in [0.1, 0.15) is 11.3 Å². The van der Waals surface area contributed by atoms with Gasteiger partial charge in [-0.3, -0.25) is 14.2 Å². The molecule has 1 N–H and O–H groups in total. The summed E-state index contributed by atoms with van der Waals surface area (Å²) in [6.07, 6.45) is -6.80. The number of para-hydroxylation sites is 1. The predicted molar refractivity (Wildman–Crippen MR) is 195 cm³/mol. The third-order valence-electron chi connectivity index (χ3n) is 8.67. The number of nitrogens with zero attached hydrogens (tertiary/aromatic N) is 1. The molecule has 7 rings (SSSR count). The summed E-state index contributed by atoms with van der Waals surface area (Å²) in [4.78, 5) is 25.6. The van der Waals surface area contributed by atoms with Gasteiger partial charge >= 0.3 is 18.0 Å². The van der Waals surface area contributed by atoms with Crippen LogP contribution in [0.25, 0.3) is 27.4 Å². The van der Waals surface area contributed by atoms with Gasteiger partial charge in [-0.25, -0.2) is 0 Å². The normalized spacial score (nSPS) is 12.1. The van der Waals surface area contributed by atoms with Crippen LogP contribution in [-0.4, -0.2) is 33.5 Å². The quantitative estimate of drug-likeness (QED) is 0.0750. The molecule has 7 aromatic rings. The van der Waals surface area contributed by atoms with Gasteiger partial charge in [0.15, 0.2) is 7.14 Å². The van der Waals surface area contributed by atoms with Gasteiger partial charge in [0.2, 0.25) is 5.78 Å². The van der Waals surface area contributed by atoms with Gasteiger partial charge in [-0.1, -0.05) is 140 Å². The first kappa shape index (κ1) is 41.7. The minimum atomic E-state index is -6.80. The Hall–Kier alpha value is -4.42. The summed E-state index contributed by atoms with van der Waals surface area (Å²) in [6, 6.07) is 45.1. The van der Waals surface area contributed by atoms with Crippen LogP contribution >= 0.6 is 7.14 Å². The molecule has 0 bridgehead atoms. The number of aromatic nitrogens is 1. The number of Topliss-reactive ketones (excluding diaryl/α,β-unsaturated/α-hetero) is 1. The van der Waals surface area contributed by atoms with Crippen molar-refractivity contribution in [3.05, 3.63) is 174 Å². The average Bonchev–Trinajstić information content (AvgIpc) is 3.18. The molecule has 14 heteroatoms. The van der Waals surface area contributed by atoms with Crippen LogP contribution in [0.2, 0.25) is 0 Å². The zero-order valence-electron chi connectivity index (χ0n) is 28.1. The average molecular weight is 914 g/mol. The molecular formula is C41H27EuF7NO4P. The van der Waals surface area contributed by atoms with E-state index in [0.717, 1.165) is 22.0 Å². The molecule has 0 aliphatic heterocycles. The number of carbonyl (C=O) groups is 1. The van der Waals surface area contributed by atoms with Crippen LogP contribution in [0.15, 0.2) is 163 Å². The largest absolute Gasteiger partial charge is 0.506 e. The Bertz CT molecular complexity index is 2470. The fourth-order valence-electron chi connectivity index (χ4n) is 6.00. The van der Waals surface area contributed by atoms with E-state index in [1.807, 2.05) is 91.0 Å². The Morgan fingerprint density at radius 1 is 0.564 bits per heavy atom. The summed E-state index contributed by atoms with van der Waals surface area (Å²) in [5.41, 5.74) is -3.64. The molecule has 55 heavy (non-hydrogen) atoms. The van der Waals surface area contributed by atoms with Crippen molar-refractivity contribution < 1.29 is 94.6 Å². The Kier molecular flexibility index (Phi) is 12.4. The van der Waals surface area contributed by atoms with Crippen molar-refractivity contribution in [1.29, 1.82) is 0 Å². The summed E-state index contributed by atoms with van der Waals surface area (Å²) in [7, 11) is -2.78. The Balaban J connectivity index is 0.000000235. The van der Waals surface area contributed by atoms with E-state index in [9.17, 15) is 50.0 Å². The number of aromatic hydroxyl groups is 1. The smallest absolute Gasteiger partial charge is 0.460 e. The molecule has 1 heterocycles. The number of carbonyl (C=O) groups excluding carboxylic acids is 1. The monoisotopic (exact) mass is 914 g/mol. The van der Waals surface area contributed by atoms with E-state index in [1.165, 1.54) is 36.4 Å². The number of ketones is 1. The van der Waals surface area contributed by atoms with Gasteiger partial charge in [-0.15, -0.1) is 0 Å². The first-order chi connectivity index (χ1) is 25.6. The molecule has 0 amide bonds. The number of hydrogen-bond acceptors (Lipinski definition) is 4. The molecule has 0 saturated heterocycles. The zero-order valence-corrected chi connectivity index (χ0v) is 31.4. The van der Waals surface area contributed by atoms with E-state index in [4.69, 9.17) is 0 Å². The molecular weight excluding hydrogens is 886 g/mol. The molecule has 6 aromatic carbocycles. The van der Waals surface area contributed by atoms with Gasteiger partial charge in [0.05, 0.1) is 5.52 Å². The zero-order chi connectivity index (χ0) is 38.9. The molecule has 0 unspecified atom stereocenters. The molecule has 1 aromatic heterocycles. The van der Waals surface area contributed by atoms with Crippen LogP contribution in [0.3, 0.4) is 0 Å². The topological polar surface area (TPSA) is 76.4 Å². The van der Waals surface area contributed by atoms with Crippen molar-refractivity contribution in [2.75, 3.05) is 0 Å². The predicted octanol–water partition coefficient (Wildman–Crippen LogP) is 9.19. The number of hydrogen-bond donors (Lipinski definition) is 1. The third kappa shape index (κ3) is 7.59. The van der Waals surface area contributed by atoms with Gasteiger partial charge in [-0.05, 0) is 23.6 Å². The fraction of sp³-hybridized carbons (Fsp3) is 0.0732. The van der Waals surface area contributed by atoms with E-state index >= 15 is 0 Å². The van der Waals surface area contributed by atoms with Gasteiger partial charge < -0.3 is 9.67 Å². The number of pyridine rings is 1.